The average Bonchev–Trinajstić information content (AvgIpc) is 2.47. The fourth-order valence-corrected chi connectivity index (χ4v) is 3.26. The minimum atomic E-state index is -0.824. The Morgan fingerprint density at radius 1 is 1.43 bits per heavy atom. The van der Waals surface area contributed by atoms with Gasteiger partial charge in [0.15, 0.2) is 5.82 Å². The first-order valence-electron chi connectivity index (χ1n) is 7.51. The zero-order valence-electron chi connectivity index (χ0n) is 12.7. The van der Waals surface area contributed by atoms with E-state index in [1.165, 1.54) is 0 Å². The molecule has 0 bridgehead atoms. The van der Waals surface area contributed by atoms with Gasteiger partial charge in [0, 0.05) is 26.0 Å². The van der Waals surface area contributed by atoms with Crippen molar-refractivity contribution in [1.82, 2.24) is 9.55 Å². The Morgan fingerprint density at radius 3 is 2.67 bits per heavy atom. The van der Waals surface area contributed by atoms with E-state index in [0.717, 1.165) is 32.1 Å². The van der Waals surface area contributed by atoms with Gasteiger partial charge in [-0.2, -0.15) is 0 Å². The van der Waals surface area contributed by atoms with Crippen LogP contribution in [0.3, 0.4) is 0 Å². The topological polar surface area (TPSA) is 75.4 Å². The van der Waals surface area contributed by atoms with E-state index in [1.54, 1.807) is 24.0 Å². The van der Waals surface area contributed by atoms with Crippen LogP contribution in [0.1, 0.15) is 45.4 Å². The van der Waals surface area contributed by atoms with Gasteiger partial charge in [0.25, 0.3) is 5.56 Å². The van der Waals surface area contributed by atoms with Gasteiger partial charge in [-0.15, -0.1) is 0 Å². The maximum Gasteiger partial charge on any atom is 0.305 e. The first-order chi connectivity index (χ1) is 10.00. The van der Waals surface area contributed by atoms with E-state index in [0.29, 0.717) is 12.4 Å². The number of carboxylic acid groups (broad SMARTS) is 1. The molecule has 1 saturated carbocycles. The molecule has 0 atom stereocenters. The summed E-state index contributed by atoms with van der Waals surface area (Å²) in [6.45, 7) is 2.48. The molecule has 1 N–H and O–H groups in total. The summed E-state index contributed by atoms with van der Waals surface area (Å²) < 4.78 is 1.59. The highest BCUT2D eigenvalue weighted by Gasteiger charge is 2.39. The highest BCUT2D eigenvalue weighted by molar-refractivity contribution is 5.69. The van der Waals surface area contributed by atoms with E-state index in [-0.39, 0.29) is 12.0 Å². The van der Waals surface area contributed by atoms with Crippen LogP contribution in [0.4, 0.5) is 5.82 Å². The van der Waals surface area contributed by atoms with Crippen molar-refractivity contribution in [2.45, 2.75) is 57.5 Å². The summed E-state index contributed by atoms with van der Waals surface area (Å²) >= 11 is 0. The van der Waals surface area contributed by atoms with Gasteiger partial charge < -0.3 is 14.6 Å². The Kier molecular flexibility index (Phi) is 4.65. The fraction of sp³-hybridized carbons (Fsp3) is 0.667. The molecule has 0 amide bonds. The third-order valence-corrected chi connectivity index (χ3v) is 4.53. The number of nitrogens with zero attached hydrogens (tertiary/aromatic N) is 3. The lowest BCUT2D eigenvalue weighted by Crippen LogP contribution is -2.52. The van der Waals surface area contributed by atoms with Crippen LogP contribution in [0.25, 0.3) is 0 Å². The number of rotatable bonds is 5. The average molecular weight is 293 g/mol. The summed E-state index contributed by atoms with van der Waals surface area (Å²) in [5, 5.41) is 9.27. The molecule has 1 aliphatic carbocycles. The minimum Gasteiger partial charge on any atom is -0.481 e. The van der Waals surface area contributed by atoms with Crippen LogP contribution >= 0.6 is 0 Å². The second-order valence-corrected chi connectivity index (χ2v) is 5.76. The van der Waals surface area contributed by atoms with Crippen LogP contribution < -0.4 is 10.5 Å². The molecule has 0 radical (unpaired) electrons. The van der Waals surface area contributed by atoms with E-state index in [4.69, 9.17) is 0 Å². The number of aliphatic carboxylic acids is 1. The number of hydrogen-bond acceptors (Lipinski definition) is 4. The first kappa shape index (κ1) is 15.5. The summed E-state index contributed by atoms with van der Waals surface area (Å²) in [7, 11) is 1.80. The molecule has 0 unspecified atom stereocenters. The van der Waals surface area contributed by atoms with Crippen molar-refractivity contribution in [3.8, 4) is 0 Å². The second kappa shape index (κ2) is 6.28. The maximum atomic E-state index is 12.4. The standard InChI is InChI=1S/C15H23N3O3/c1-3-18-10-9-16-13(14(18)21)17(2)15(11-12(19)20)7-5-4-6-8-15/h9-10H,3-8,11H2,1-2H3,(H,19,20). The van der Waals surface area contributed by atoms with Crippen LogP contribution in [0.2, 0.25) is 0 Å². The van der Waals surface area contributed by atoms with Gasteiger partial charge in [0.05, 0.1) is 12.0 Å². The van der Waals surface area contributed by atoms with Gasteiger partial charge in [-0.25, -0.2) is 4.98 Å². The SMILES string of the molecule is CCn1ccnc(N(C)C2(CC(=O)O)CCCCC2)c1=O. The first-order valence-corrected chi connectivity index (χ1v) is 7.51. The van der Waals surface area contributed by atoms with Crippen LogP contribution in [0, 0.1) is 0 Å². The molecule has 0 spiro atoms. The van der Waals surface area contributed by atoms with Crippen LogP contribution in [0.5, 0.6) is 0 Å². The highest BCUT2D eigenvalue weighted by Crippen LogP contribution is 2.37. The third-order valence-electron chi connectivity index (χ3n) is 4.53. The Morgan fingerprint density at radius 2 is 2.10 bits per heavy atom. The number of hydrogen-bond donors (Lipinski definition) is 1. The van der Waals surface area contributed by atoms with Gasteiger partial charge in [0.1, 0.15) is 0 Å². The summed E-state index contributed by atoms with van der Waals surface area (Å²) in [6, 6.07) is 0. The molecule has 0 aliphatic heterocycles. The molecule has 1 aromatic rings. The van der Waals surface area contributed by atoms with Crippen molar-refractivity contribution >= 4 is 11.8 Å². The molecule has 0 aromatic carbocycles. The fourth-order valence-electron chi connectivity index (χ4n) is 3.26. The summed E-state index contributed by atoms with van der Waals surface area (Å²) in [5.41, 5.74) is -0.652. The highest BCUT2D eigenvalue weighted by atomic mass is 16.4. The lowest BCUT2D eigenvalue weighted by Gasteiger charge is -2.44. The Hall–Kier alpha value is -1.85. The molecule has 1 heterocycles. The summed E-state index contributed by atoms with van der Waals surface area (Å²) in [5.74, 6) is -0.474. The number of aromatic nitrogens is 2. The van der Waals surface area contributed by atoms with E-state index < -0.39 is 11.5 Å². The molecule has 6 heteroatoms. The molecular formula is C15H23N3O3. The molecule has 2 rings (SSSR count). The second-order valence-electron chi connectivity index (χ2n) is 5.76. The van der Waals surface area contributed by atoms with Crippen LogP contribution in [0.15, 0.2) is 17.2 Å². The largest absolute Gasteiger partial charge is 0.481 e. The molecule has 1 fully saturated rings. The van der Waals surface area contributed by atoms with Crippen molar-refractivity contribution in [2.24, 2.45) is 0 Å². The normalized spacial score (nSPS) is 17.4. The van der Waals surface area contributed by atoms with Crippen LogP contribution in [-0.4, -0.2) is 33.2 Å². The van der Waals surface area contributed by atoms with Gasteiger partial charge in [-0.1, -0.05) is 19.3 Å². The Bertz CT molecular complexity index is 562. The van der Waals surface area contributed by atoms with Gasteiger partial charge in [0.2, 0.25) is 0 Å². The summed E-state index contributed by atoms with van der Waals surface area (Å²) in [6.07, 6.45) is 8.00. The predicted octanol–water partition coefficient (Wildman–Crippen LogP) is 1.88. The lowest BCUT2D eigenvalue weighted by atomic mass is 9.78. The van der Waals surface area contributed by atoms with Crippen molar-refractivity contribution in [1.29, 1.82) is 0 Å². The zero-order valence-corrected chi connectivity index (χ0v) is 12.7. The molecule has 116 valence electrons. The minimum absolute atomic E-state index is 0.0473. The molecule has 1 aromatic heterocycles. The predicted molar refractivity (Wildman–Crippen MR) is 80.6 cm³/mol. The Balaban J connectivity index is 2.40. The third kappa shape index (κ3) is 3.09. The lowest BCUT2D eigenvalue weighted by molar-refractivity contribution is -0.138. The van der Waals surface area contributed by atoms with Gasteiger partial charge >= 0.3 is 5.97 Å². The molecule has 0 saturated heterocycles. The molecule has 21 heavy (non-hydrogen) atoms. The number of anilines is 1. The molecule has 1 aliphatic rings. The molecular weight excluding hydrogens is 270 g/mol. The maximum absolute atomic E-state index is 12.4. The van der Waals surface area contributed by atoms with Crippen molar-refractivity contribution < 1.29 is 9.90 Å². The monoisotopic (exact) mass is 293 g/mol. The quantitative estimate of drug-likeness (QED) is 0.897. The van der Waals surface area contributed by atoms with E-state index in [9.17, 15) is 14.7 Å². The van der Waals surface area contributed by atoms with Gasteiger partial charge in [-0.05, 0) is 19.8 Å². The Labute approximate surface area is 124 Å². The van der Waals surface area contributed by atoms with E-state index >= 15 is 0 Å². The van der Waals surface area contributed by atoms with Gasteiger partial charge in [-0.3, -0.25) is 9.59 Å². The van der Waals surface area contributed by atoms with Crippen molar-refractivity contribution in [3.05, 3.63) is 22.7 Å². The number of carboxylic acids is 1. The van der Waals surface area contributed by atoms with Crippen molar-refractivity contribution in [2.75, 3.05) is 11.9 Å². The van der Waals surface area contributed by atoms with E-state index in [1.807, 2.05) is 11.8 Å². The van der Waals surface area contributed by atoms with Crippen LogP contribution in [-0.2, 0) is 11.3 Å². The smallest absolute Gasteiger partial charge is 0.305 e. The van der Waals surface area contributed by atoms with E-state index in [2.05, 4.69) is 4.98 Å². The summed E-state index contributed by atoms with van der Waals surface area (Å²) in [4.78, 5) is 29.7. The van der Waals surface area contributed by atoms with Crippen molar-refractivity contribution in [3.63, 3.8) is 0 Å². The number of carbonyl (C=O) groups is 1. The number of aryl methyl sites for hydroxylation is 1. The zero-order chi connectivity index (χ0) is 15.5. The molecule has 6 nitrogen and oxygen atoms in total.